The van der Waals surface area contributed by atoms with Gasteiger partial charge in [0.1, 0.15) is 5.75 Å². The Hall–Kier alpha value is -3.78. The predicted octanol–water partition coefficient (Wildman–Crippen LogP) is 3.97. The molecule has 0 unspecified atom stereocenters. The highest BCUT2D eigenvalue weighted by Gasteiger charge is 2.15. The van der Waals surface area contributed by atoms with Crippen molar-refractivity contribution in [1.29, 1.82) is 0 Å². The molecule has 3 N–H and O–H groups in total. The van der Waals surface area contributed by atoms with Crippen molar-refractivity contribution in [2.24, 2.45) is 7.05 Å². The van der Waals surface area contributed by atoms with Crippen LogP contribution in [-0.2, 0) is 7.05 Å². The van der Waals surface area contributed by atoms with Gasteiger partial charge in [-0.25, -0.2) is 9.97 Å². The van der Waals surface area contributed by atoms with Gasteiger partial charge in [-0.15, -0.1) is 0 Å². The first-order chi connectivity index (χ1) is 19.5. The second-order valence-corrected chi connectivity index (χ2v) is 7.52. The van der Waals surface area contributed by atoms with Crippen molar-refractivity contribution in [3.8, 4) is 17.0 Å². The minimum atomic E-state index is -2.71. The lowest BCUT2D eigenvalue weighted by Gasteiger charge is -2.24. The molecule has 2 heterocycles. The van der Waals surface area contributed by atoms with E-state index >= 15 is 0 Å². The molecule has 172 valence electrons. The number of aromatic nitrogens is 3. The van der Waals surface area contributed by atoms with Gasteiger partial charge in [0.15, 0.2) is 0 Å². The molecule has 0 spiro atoms. The molecule has 33 heavy (non-hydrogen) atoms. The number of ether oxygens (including phenoxy) is 1. The molecular formula is C25H31N7O. The van der Waals surface area contributed by atoms with Gasteiger partial charge in [0.25, 0.3) is 0 Å². The molecule has 0 saturated heterocycles. The molecule has 0 radical (unpaired) electrons. The van der Waals surface area contributed by atoms with Crippen molar-refractivity contribution >= 4 is 33.9 Å². The Kier molecular flexibility index (Phi) is 3.89. The van der Waals surface area contributed by atoms with Crippen LogP contribution >= 0.6 is 0 Å². The fourth-order valence-electron chi connectivity index (χ4n) is 3.36. The molecular weight excluding hydrogens is 414 g/mol. The van der Waals surface area contributed by atoms with Gasteiger partial charge in [0.2, 0.25) is 5.95 Å². The summed E-state index contributed by atoms with van der Waals surface area (Å²) in [6.45, 7) is -5.18. The summed E-state index contributed by atoms with van der Waals surface area (Å²) >= 11 is 0. The first kappa shape index (κ1) is 13.7. The minimum Gasteiger partial charge on any atom is -0.494 e. The van der Waals surface area contributed by atoms with Crippen LogP contribution < -0.4 is 20.7 Å². The Morgan fingerprint density at radius 3 is 2.88 bits per heavy atom. The van der Waals surface area contributed by atoms with Crippen LogP contribution in [0.1, 0.15) is 12.3 Å². The maximum absolute atomic E-state index is 8.45. The largest absolute Gasteiger partial charge is 0.494 e. The summed E-state index contributed by atoms with van der Waals surface area (Å²) in [5.41, 5.74) is 7.93. The fourth-order valence-corrected chi connectivity index (χ4v) is 3.36. The van der Waals surface area contributed by atoms with Gasteiger partial charge in [-0.3, -0.25) is 0 Å². The van der Waals surface area contributed by atoms with Crippen LogP contribution in [0.5, 0.6) is 5.75 Å². The van der Waals surface area contributed by atoms with E-state index in [1.165, 1.54) is 44.4 Å². The van der Waals surface area contributed by atoms with Gasteiger partial charge in [-0.2, -0.15) is 0 Å². The van der Waals surface area contributed by atoms with E-state index < -0.39 is 20.0 Å². The zero-order chi connectivity index (χ0) is 31.3. The van der Waals surface area contributed by atoms with Crippen molar-refractivity contribution < 1.29 is 17.1 Å². The van der Waals surface area contributed by atoms with Gasteiger partial charge in [-0.1, -0.05) is 18.1 Å². The zero-order valence-electron chi connectivity index (χ0n) is 27.8. The number of aryl methyl sites for hydroxylation is 1. The van der Waals surface area contributed by atoms with Gasteiger partial charge < -0.3 is 30.2 Å². The van der Waals surface area contributed by atoms with Crippen molar-refractivity contribution in [2.45, 2.75) is 0 Å². The smallest absolute Gasteiger partial charge is 0.227 e. The monoisotopic (exact) mass is 454 g/mol. The molecule has 0 atom stereocenters. The zero-order valence-corrected chi connectivity index (χ0v) is 18.8. The third kappa shape index (κ3) is 4.70. The summed E-state index contributed by atoms with van der Waals surface area (Å²) in [6, 6.07) is 3.45. The summed E-state index contributed by atoms with van der Waals surface area (Å²) in [5.74, 6) is 0.319. The van der Waals surface area contributed by atoms with Crippen molar-refractivity contribution in [1.82, 2.24) is 19.4 Å². The van der Waals surface area contributed by atoms with Gasteiger partial charge in [-0.05, 0) is 32.3 Å². The third-order valence-electron chi connectivity index (χ3n) is 4.98. The SMILES string of the molecule is [2H]c1c([2H])c([2H])c2c(c(-c3ccnc(Nc4cc(N)c(N(CC([2H])([2H])N(C)C)C([2H])([2H])[2H])cc4OC)n3)cn2C)c1[2H]. The van der Waals surface area contributed by atoms with Crippen molar-refractivity contribution in [3.05, 3.63) is 54.8 Å². The molecule has 8 nitrogen and oxygen atoms in total. The molecule has 0 aliphatic carbocycles. The number of para-hydroxylation sites is 1. The molecule has 4 aromatic rings. The third-order valence-corrected chi connectivity index (χ3v) is 4.98. The lowest BCUT2D eigenvalue weighted by atomic mass is 10.1. The number of methoxy groups -OCH3 is 1. The molecule has 0 aliphatic rings. The number of hydrogen-bond acceptors (Lipinski definition) is 7. The molecule has 0 aliphatic heterocycles. The summed E-state index contributed by atoms with van der Waals surface area (Å²) in [6.07, 6.45) is 3.16. The van der Waals surface area contributed by atoms with Crippen LogP contribution in [0.3, 0.4) is 0 Å². The van der Waals surface area contributed by atoms with Crippen LogP contribution in [0.4, 0.5) is 23.0 Å². The standard InChI is InChI=1S/C25H31N7O/c1-30(2)12-13-31(3)23-15-24(33-5)21(14-19(23)26)29-25-27-11-10-20(28-25)18-16-32(4)22-9-7-6-8-17(18)22/h6-11,14-16H,12-13,26H2,1-5H3,(H,27,28,29)/i3D3,6D,7D,8D,9D,12D2. The number of anilines is 4. The van der Waals surface area contributed by atoms with E-state index in [4.69, 9.17) is 22.8 Å². The van der Waals surface area contributed by atoms with Crippen molar-refractivity contribution in [3.63, 3.8) is 0 Å². The Labute approximate surface area is 207 Å². The van der Waals surface area contributed by atoms with Crippen LogP contribution in [0.2, 0.25) is 0 Å². The molecule has 0 bridgehead atoms. The molecule has 0 fully saturated rings. The van der Waals surface area contributed by atoms with E-state index in [0.29, 0.717) is 27.8 Å². The Bertz CT molecular complexity index is 1650. The lowest BCUT2D eigenvalue weighted by molar-refractivity contribution is 0.413. The number of nitrogen functional groups attached to an aromatic ring is 1. The Morgan fingerprint density at radius 2 is 2.12 bits per heavy atom. The van der Waals surface area contributed by atoms with E-state index in [2.05, 4.69) is 15.3 Å². The molecule has 0 amide bonds. The topological polar surface area (TPSA) is 84.5 Å². The molecule has 2 aromatic carbocycles. The highest BCUT2D eigenvalue weighted by Crippen LogP contribution is 2.36. The summed E-state index contributed by atoms with van der Waals surface area (Å²) in [4.78, 5) is 11.0. The number of nitrogens with two attached hydrogens (primary N) is 1. The van der Waals surface area contributed by atoms with E-state index in [9.17, 15) is 0 Å². The molecule has 8 heteroatoms. The summed E-state index contributed by atoms with van der Waals surface area (Å²) in [5, 5.41) is 3.34. The first-order valence-electron chi connectivity index (χ1n) is 14.6. The highest BCUT2D eigenvalue weighted by molar-refractivity contribution is 5.95. The van der Waals surface area contributed by atoms with E-state index in [-0.39, 0.29) is 47.2 Å². The highest BCUT2D eigenvalue weighted by atomic mass is 16.5. The van der Waals surface area contributed by atoms with Crippen LogP contribution in [-0.4, -0.2) is 60.7 Å². The first-order valence-corrected chi connectivity index (χ1v) is 10.1. The number of nitrogens with one attached hydrogen (secondary N) is 1. The van der Waals surface area contributed by atoms with E-state index in [0.717, 1.165) is 4.90 Å². The predicted molar refractivity (Wildman–Crippen MR) is 136 cm³/mol. The molecule has 0 saturated carbocycles. The maximum Gasteiger partial charge on any atom is 0.227 e. The van der Waals surface area contributed by atoms with E-state index in [1.807, 2.05) is 0 Å². The molecule has 2 aromatic heterocycles. The van der Waals surface area contributed by atoms with Gasteiger partial charge in [0.05, 0.1) is 35.3 Å². The second kappa shape index (κ2) is 9.38. The summed E-state index contributed by atoms with van der Waals surface area (Å²) in [7, 11) is 6.10. The van der Waals surface area contributed by atoms with Gasteiger partial charge >= 0.3 is 0 Å². The van der Waals surface area contributed by atoms with Crippen molar-refractivity contribution in [2.75, 3.05) is 57.2 Å². The average Bonchev–Trinajstić information content (AvgIpc) is 3.26. The lowest BCUT2D eigenvalue weighted by Crippen LogP contribution is -2.29. The average molecular weight is 455 g/mol. The number of likely N-dealkylation sites (N-methyl/N-ethyl adjacent to an activating group) is 2. The number of rotatable bonds is 8. The number of hydrogen-bond donors (Lipinski definition) is 2. The normalized spacial score (nSPS) is 16.0. The summed E-state index contributed by atoms with van der Waals surface area (Å²) < 4.78 is 80.5. The number of nitrogens with zero attached hydrogens (tertiary/aromatic N) is 5. The fraction of sp³-hybridized carbons (Fsp3) is 0.280. The van der Waals surface area contributed by atoms with Gasteiger partial charge in [0, 0.05) is 68.8 Å². The second-order valence-electron chi connectivity index (χ2n) is 7.52. The maximum atomic E-state index is 8.45. The Balaban J connectivity index is 1.76. The molecule has 4 rings (SSSR count). The number of benzene rings is 2. The van der Waals surface area contributed by atoms with Crippen LogP contribution in [0.15, 0.2) is 54.8 Å². The van der Waals surface area contributed by atoms with Crippen LogP contribution in [0, 0.1) is 0 Å². The number of fused-ring (bicyclic) bond motifs is 1. The van der Waals surface area contributed by atoms with E-state index in [1.54, 1.807) is 23.9 Å². The Morgan fingerprint density at radius 1 is 1.30 bits per heavy atom. The quantitative estimate of drug-likeness (QED) is 0.390. The minimum absolute atomic E-state index is 0.0465. The van der Waals surface area contributed by atoms with Crippen LogP contribution in [0.25, 0.3) is 22.2 Å².